The number of nitrogens with zero attached hydrogens (tertiary/aromatic N) is 1. The largest absolute Gasteiger partial charge is 0.368 e. The maximum absolute atomic E-state index is 11.3. The number of nitrogens with two attached hydrogens (primary N) is 1. The molecule has 0 spiro atoms. The van der Waals surface area contributed by atoms with Crippen LogP contribution in [0, 0.1) is 11.8 Å². The van der Waals surface area contributed by atoms with Crippen molar-refractivity contribution in [2.45, 2.75) is 37.9 Å². The molecule has 0 aromatic rings. The second kappa shape index (κ2) is 4.39. The minimum atomic E-state index is -0.146. The first kappa shape index (κ1) is 11.3. The van der Waals surface area contributed by atoms with Crippen LogP contribution in [0.1, 0.15) is 26.2 Å². The summed E-state index contributed by atoms with van der Waals surface area (Å²) in [7, 11) is 2.82. The molecule has 0 bridgehead atoms. The lowest BCUT2D eigenvalue weighted by atomic mass is 9.76. The molecule has 3 nitrogen and oxygen atoms in total. The molecule has 4 heteroatoms. The predicted octanol–water partition coefficient (Wildman–Crippen LogP) is 0.836. The Morgan fingerprint density at radius 2 is 2.13 bits per heavy atom. The fourth-order valence-electron chi connectivity index (χ4n) is 2.99. The van der Waals surface area contributed by atoms with Crippen molar-refractivity contribution >= 4 is 15.1 Å². The molecule has 1 heterocycles. The Morgan fingerprint density at radius 3 is 2.67 bits per heavy atom. The van der Waals surface area contributed by atoms with Crippen LogP contribution in [0.15, 0.2) is 0 Å². The lowest BCUT2D eigenvalue weighted by Crippen LogP contribution is -2.44. The predicted molar refractivity (Wildman–Crippen MR) is 64.6 cm³/mol. The zero-order valence-corrected chi connectivity index (χ0v) is 10.5. The third-order valence-electron chi connectivity index (χ3n) is 3.73. The lowest BCUT2D eigenvalue weighted by molar-refractivity contribution is -0.122. The number of amides is 1. The summed E-state index contributed by atoms with van der Waals surface area (Å²) in [5, 5.41) is 0. The molecule has 15 heavy (non-hydrogen) atoms. The van der Waals surface area contributed by atoms with Gasteiger partial charge >= 0.3 is 0 Å². The Kier molecular flexibility index (Phi) is 3.32. The molecule has 1 saturated heterocycles. The van der Waals surface area contributed by atoms with Crippen molar-refractivity contribution < 1.29 is 4.79 Å². The Bertz CT molecular complexity index is 253. The number of carbonyl (C=O) groups excluding carboxylic acids is 1. The van der Waals surface area contributed by atoms with Gasteiger partial charge in [0.15, 0.2) is 0 Å². The van der Waals surface area contributed by atoms with Gasteiger partial charge in [-0.25, -0.2) is 0 Å². The lowest BCUT2D eigenvalue weighted by Gasteiger charge is -2.36. The first-order valence-electron chi connectivity index (χ1n) is 5.85. The Labute approximate surface area is 94.0 Å². The van der Waals surface area contributed by atoms with Crippen LogP contribution in [0.2, 0.25) is 0 Å². The maximum Gasteiger partial charge on any atom is 0.234 e. The smallest absolute Gasteiger partial charge is 0.234 e. The van der Waals surface area contributed by atoms with Gasteiger partial charge in [0.1, 0.15) is 0 Å². The third-order valence-corrected chi connectivity index (χ3v) is 4.21. The molecule has 1 aliphatic carbocycles. The minimum absolute atomic E-state index is 0.0107. The molecule has 0 radical (unpaired) electrons. The summed E-state index contributed by atoms with van der Waals surface area (Å²) >= 11 is 0. The summed E-state index contributed by atoms with van der Waals surface area (Å²) in [6, 6.07) is -0.0107. The van der Waals surface area contributed by atoms with Gasteiger partial charge in [-0.3, -0.25) is 9.69 Å². The minimum Gasteiger partial charge on any atom is -0.368 e. The van der Waals surface area contributed by atoms with Crippen LogP contribution in [-0.4, -0.2) is 35.6 Å². The topological polar surface area (TPSA) is 46.3 Å². The van der Waals surface area contributed by atoms with E-state index < -0.39 is 0 Å². The van der Waals surface area contributed by atoms with Crippen LogP contribution >= 0.6 is 9.24 Å². The highest BCUT2D eigenvalue weighted by atomic mass is 31.0. The quantitative estimate of drug-likeness (QED) is 0.727. The maximum atomic E-state index is 11.3. The third kappa shape index (κ3) is 2.51. The second-order valence-corrected chi connectivity index (χ2v) is 6.25. The van der Waals surface area contributed by atoms with Crippen molar-refractivity contribution in [1.29, 1.82) is 0 Å². The normalized spacial score (nSPS) is 41.5. The fourth-order valence-corrected chi connectivity index (χ4v) is 3.52. The van der Waals surface area contributed by atoms with E-state index in [1.165, 1.54) is 12.8 Å². The average molecular weight is 228 g/mol. The van der Waals surface area contributed by atoms with Crippen LogP contribution in [0.5, 0.6) is 0 Å². The molecule has 1 saturated carbocycles. The van der Waals surface area contributed by atoms with E-state index in [0.717, 1.165) is 31.3 Å². The van der Waals surface area contributed by atoms with E-state index in [0.29, 0.717) is 5.66 Å². The first-order chi connectivity index (χ1) is 7.06. The van der Waals surface area contributed by atoms with E-state index >= 15 is 0 Å². The van der Waals surface area contributed by atoms with Gasteiger partial charge in [0.05, 0.1) is 6.04 Å². The molecule has 3 atom stereocenters. The van der Waals surface area contributed by atoms with E-state index in [9.17, 15) is 4.79 Å². The molecule has 0 aromatic carbocycles. The zero-order valence-electron chi connectivity index (χ0n) is 9.36. The van der Waals surface area contributed by atoms with Crippen molar-refractivity contribution in [3.8, 4) is 0 Å². The summed E-state index contributed by atoms with van der Waals surface area (Å²) in [6.07, 6.45) is 3.56. The van der Waals surface area contributed by atoms with E-state index in [1.807, 2.05) is 0 Å². The van der Waals surface area contributed by atoms with Crippen molar-refractivity contribution in [3.05, 3.63) is 0 Å². The molecule has 3 unspecified atom stereocenters. The number of hydrogen-bond acceptors (Lipinski definition) is 2. The van der Waals surface area contributed by atoms with E-state index in [2.05, 4.69) is 21.1 Å². The zero-order chi connectivity index (χ0) is 11.0. The van der Waals surface area contributed by atoms with Crippen LogP contribution in [0.25, 0.3) is 0 Å². The summed E-state index contributed by atoms with van der Waals surface area (Å²) in [6.45, 7) is 4.39. The van der Waals surface area contributed by atoms with Gasteiger partial charge in [-0.2, -0.15) is 0 Å². The molecule has 2 rings (SSSR count). The molecule has 2 fully saturated rings. The van der Waals surface area contributed by atoms with Gasteiger partial charge in [-0.1, -0.05) is 6.92 Å². The van der Waals surface area contributed by atoms with Gasteiger partial charge in [0, 0.05) is 13.1 Å². The van der Waals surface area contributed by atoms with Gasteiger partial charge in [0.25, 0.3) is 0 Å². The Hall–Kier alpha value is -0.140. The summed E-state index contributed by atoms with van der Waals surface area (Å²) in [4.78, 5) is 13.6. The molecule has 1 amide bonds. The van der Waals surface area contributed by atoms with Crippen molar-refractivity contribution in [1.82, 2.24) is 4.90 Å². The monoisotopic (exact) mass is 228 g/mol. The number of hydrogen-bond donors (Lipinski definition) is 1. The SMILES string of the molecule is CC1CC(CN2CC(P)CC2C(N)=O)C1. The number of likely N-dealkylation sites (tertiary alicyclic amines) is 1. The number of primary amides is 1. The molecular weight excluding hydrogens is 207 g/mol. The van der Waals surface area contributed by atoms with Crippen molar-refractivity contribution in [3.63, 3.8) is 0 Å². The van der Waals surface area contributed by atoms with Crippen LogP contribution < -0.4 is 5.73 Å². The van der Waals surface area contributed by atoms with Gasteiger partial charge in [-0.05, 0) is 36.8 Å². The van der Waals surface area contributed by atoms with Crippen molar-refractivity contribution in [2.24, 2.45) is 17.6 Å². The molecule has 1 aliphatic heterocycles. The van der Waals surface area contributed by atoms with Crippen LogP contribution in [0.4, 0.5) is 0 Å². The van der Waals surface area contributed by atoms with Crippen LogP contribution in [-0.2, 0) is 4.79 Å². The van der Waals surface area contributed by atoms with Gasteiger partial charge in [-0.15, -0.1) is 9.24 Å². The molecule has 86 valence electrons. The summed E-state index contributed by atoms with van der Waals surface area (Å²) in [5.41, 5.74) is 5.96. The molecule has 2 N–H and O–H groups in total. The first-order valence-corrected chi connectivity index (χ1v) is 6.52. The second-order valence-electron chi connectivity index (χ2n) is 5.31. The Morgan fingerprint density at radius 1 is 1.47 bits per heavy atom. The highest BCUT2D eigenvalue weighted by Crippen LogP contribution is 2.35. The van der Waals surface area contributed by atoms with E-state index in [1.54, 1.807) is 0 Å². The van der Waals surface area contributed by atoms with E-state index in [-0.39, 0.29) is 11.9 Å². The number of carbonyl (C=O) groups is 1. The average Bonchev–Trinajstić information content (AvgIpc) is 2.44. The standard InChI is InChI=1S/C11H21N2OP/c1-7-2-8(3-7)5-13-6-9(15)4-10(13)11(12)14/h7-10H,2-6,15H2,1H3,(H2,12,14). The van der Waals surface area contributed by atoms with Crippen molar-refractivity contribution in [2.75, 3.05) is 13.1 Å². The van der Waals surface area contributed by atoms with E-state index in [4.69, 9.17) is 5.73 Å². The van der Waals surface area contributed by atoms with Gasteiger partial charge in [0.2, 0.25) is 5.91 Å². The molecule has 2 aliphatic rings. The molecular formula is C11H21N2OP. The van der Waals surface area contributed by atoms with Gasteiger partial charge < -0.3 is 5.73 Å². The fraction of sp³-hybridized carbons (Fsp3) is 0.909. The highest BCUT2D eigenvalue weighted by molar-refractivity contribution is 7.17. The highest BCUT2D eigenvalue weighted by Gasteiger charge is 2.36. The summed E-state index contributed by atoms with van der Waals surface area (Å²) in [5.74, 6) is 1.54. The Balaban J connectivity index is 1.87. The number of rotatable bonds is 3. The van der Waals surface area contributed by atoms with Crippen LogP contribution in [0.3, 0.4) is 0 Å². The molecule has 0 aromatic heterocycles. The summed E-state index contributed by atoms with van der Waals surface area (Å²) < 4.78 is 0.